The molecule has 2 aromatic heterocycles. The van der Waals surface area contributed by atoms with E-state index < -0.39 is 5.54 Å². The van der Waals surface area contributed by atoms with E-state index in [1.165, 1.54) is 12.8 Å². The Morgan fingerprint density at radius 1 is 1.15 bits per heavy atom. The van der Waals surface area contributed by atoms with Gasteiger partial charge < -0.3 is 5.32 Å². The molecule has 0 spiro atoms. The largest absolute Gasteiger partial charge is 0.351 e. The predicted octanol–water partition coefficient (Wildman–Crippen LogP) is 5.52. The maximum atomic E-state index is 13.8. The lowest BCUT2D eigenvalue weighted by atomic mass is 9.93. The van der Waals surface area contributed by atoms with Crippen LogP contribution in [0.3, 0.4) is 0 Å². The van der Waals surface area contributed by atoms with Crippen LogP contribution in [-0.4, -0.2) is 33.2 Å². The smallest absolute Gasteiger partial charge is 0.277 e. The quantitative estimate of drug-likeness (QED) is 0.497. The summed E-state index contributed by atoms with van der Waals surface area (Å²) in [4.78, 5) is 30.2. The lowest BCUT2D eigenvalue weighted by molar-refractivity contribution is -0.127. The first-order chi connectivity index (χ1) is 16.0. The van der Waals surface area contributed by atoms with Gasteiger partial charge in [-0.1, -0.05) is 43.4 Å². The fourth-order valence-electron chi connectivity index (χ4n) is 4.89. The minimum Gasteiger partial charge on any atom is -0.351 e. The molecule has 1 N–H and O–H groups in total. The fraction of sp³-hybridized carbons (Fsp3) is 0.400. The molecule has 0 bridgehead atoms. The maximum Gasteiger partial charge on any atom is 0.277 e. The highest BCUT2D eigenvalue weighted by atomic mass is 35.5. The monoisotopic (exact) mass is 482 g/mol. The summed E-state index contributed by atoms with van der Waals surface area (Å²) in [6.45, 7) is 2.11. The number of rotatable bonds is 4. The number of aromatic nitrogens is 2. The van der Waals surface area contributed by atoms with Crippen molar-refractivity contribution >= 4 is 40.4 Å². The number of hydrogen-bond donors (Lipinski definition) is 1. The average molecular weight is 483 g/mol. The summed E-state index contributed by atoms with van der Waals surface area (Å²) in [5, 5.41) is 10.5. The summed E-state index contributed by atoms with van der Waals surface area (Å²) >= 11 is 7.69. The third-order valence-electron chi connectivity index (χ3n) is 6.69. The van der Waals surface area contributed by atoms with E-state index in [2.05, 4.69) is 5.32 Å². The molecule has 8 heteroatoms. The number of nitrogens with one attached hydrogen (secondary N) is 1. The minimum atomic E-state index is -1.12. The SMILES string of the molecule is C[C@]1(C(=O)NC2CCCCCC2)Cn2nc(-c3cccs3)cc2C(=O)N1c1ccc(Cl)cc1. The minimum absolute atomic E-state index is 0.139. The molecule has 6 nitrogen and oxygen atoms in total. The summed E-state index contributed by atoms with van der Waals surface area (Å²) in [5.74, 6) is -0.381. The van der Waals surface area contributed by atoms with Crippen LogP contribution >= 0.6 is 22.9 Å². The third kappa shape index (κ3) is 4.20. The molecule has 0 saturated heterocycles. The van der Waals surface area contributed by atoms with E-state index in [1.807, 2.05) is 30.5 Å². The van der Waals surface area contributed by atoms with Crippen molar-refractivity contribution in [3.05, 3.63) is 58.6 Å². The van der Waals surface area contributed by atoms with Crippen LogP contribution < -0.4 is 10.2 Å². The van der Waals surface area contributed by atoms with Gasteiger partial charge in [-0.3, -0.25) is 19.2 Å². The van der Waals surface area contributed by atoms with Gasteiger partial charge in [-0.05, 0) is 61.5 Å². The zero-order valence-electron chi connectivity index (χ0n) is 18.6. The normalized spacial score (nSPS) is 21.5. The van der Waals surface area contributed by atoms with Crippen molar-refractivity contribution in [3.63, 3.8) is 0 Å². The first-order valence-electron chi connectivity index (χ1n) is 11.5. The maximum absolute atomic E-state index is 13.8. The van der Waals surface area contributed by atoms with Crippen LogP contribution in [0.4, 0.5) is 5.69 Å². The van der Waals surface area contributed by atoms with Gasteiger partial charge in [-0.25, -0.2) is 0 Å². The van der Waals surface area contributed by atoms with Crippen LogP contribution in [0.5, 0.6) is 0 Å². The molecule has 1 aliphatic heterocycles. The van der Waals surface area contributed by atoms with Gasteiger partial charge in [0.25, 0.3) is 5.91 Å². The second-order valence-electron chi connectivity index (χ2n) is 9.10. The highest BCUT2D eigenvalue weighted by molar-refractivity contribution is 7.13. The molecule has 1 aliphatic carbocycles. The molecule has 33 heavy (non-hydrogen) atoms. The van der Waals surface area contributed by atoms with Gasteiger partial charge in [-0.15, -0.1) is 11.3 Å². The summed E-state index contributed by atoms with van der Waals surface area (Å²) in [6, 6.07) is 13.0. The Morgan fingerprint density at radius 3 is 2.55 bits per heavy atom. The van der Waals surface area contributed by atoms with Crippen molar-refractivity contribution < 1.29 is 9.59 Å². The number of nitrogens with zero attached hydrogens (tertiary/aromatic N) is 3. The molecule has 1 saturated carbocycles. The molecule has 172 valence electrons. The number of carbonyl (C=O) groups excluding carboxylic acids is 2. The van der Waals surface area contributed by atoms with Gasteiger partial charge in [-0.2, -0.15) is 5.10 Å². The molecule has 2 amide bonds. The molecular weight excluding hydrogens is 456 g/mol. The van der Waals surface area contributed by atoms with Crippen LogP contribution in [0.15, 0.2) is 47.8 Å². The summed E-state index contributed by atoms with van der Waals surface area (Å²) in [7, 11) is 0. The first-order valence-corrected chi connectivity index (χ1v) is 12.7. The molecule has 5 rings (SSSR count). The lowest BCUT2D eigenvalue weighted by Crippen LogP contribution is -2.65. The first kappa shape index (κ1) is 22.2. The molecular formula is C25H27ClN4O2S. The van der Waals surface area contributed by atoms with Crippen LogP contribution in [0.1, 0.15) is 55.9 Å². The van der Waals surface area contributed by atoms with Gasteiger partial charge in [0.15, 0.2) is 0 Å². The van der Waals surface area contributed by atoms with Crippen LogP contribution in [0, 0.1) is 0 Å². The van der Waals surface area contributed by atoms with E-state index >= 15 is 0 Å². The lowest BCUT2D eigenvalue weighted by Gasteiger charge is -2.43. The Hall–Kier alpha value is -2.64. The molecule has 3 heterocycles. The Bertz CT molecular complexity index is 1150. The summed E-state index contributed by atoms with van der Waals surface area (Å²) in [6.07, 6.45) is 6.62. The van der Waals surface area contributed by atoms with Crippen molar-refractivity contribution in [2.45, 2.75) is 63.6 Å². The van der Waals surface area contributed by atoms with Crippen molar-refractivity contribution in [2.24, 2.45) is 0 Å². The molecule has 3 aromatic rings. The van der Waals surface area contributed by atoms with Gasteiger partial charge in [0.1, 0.15) is 16.9 Å². The number of amides is 2. The van der Waals surface area contributed by atoms with Gasteiger partial charge in [0, 0.05) is 16.8 Å². The zero-order valence-corrected chi connectivity index (χ0v) is 20.2. The van der Waals surface area contributed by atoms with Crippen molar-refractivity contribution in [3.8, 4) is 10.6 Å². The second-order valence-corrected chi connectivity index (χ2v) is 10.5. The number of carbonyl (C=O) groups is 2. The van der Waals surface area contributed by atoms with Gasteiger partial charge in [0.2, 0.25) is 5.91 Å². The Balaban J connectivity index is 1.54. The van der Waals surface area contributed by atoms with E-state index in [4.69, 9.17) is 16.7 Å². The zero-order chi connectivity index (χ0) is 23.0. The number of thiophene rings is 1. The van der Waals surface area contributed by atoms with E-state index in [0.29, 0.717) is 16.4 Å². The topological polar surface area (TPSA) is 67.2 Å². The molecule has 1 aromatic carbocycles. The van der Waals surface area contributed by atoms with E-state index in [-0.39, 0.29) is 24.4 Å². The van der Waals surface area contributed by atoms with Gasteiger partial charge in [0.05, 0.1) is 11.4 Å². The Morgan fingerprint density at radius 2 is 1.88 bits per heavy atom. The third-order valence-corrected chi connectivity index (χ3v) is 7.84. The standard InChI is InChI=1S/C25H27ClN4O2S/c1-25(24(32)27-18-7-4-2-3-5-8-18)16-29-21(15-20(28-29)22-9-6-14-33-22)23(31)30(25)19-12-10-17(26)11-13-19/h6,9-15,18H,2-5,7-8,16H2,1H3,(H,27,32)/t25-/m1/s1. The second kappa shape index (κ2) is 8.95. The Labute approximate surface area is 202 Å². The van der Waals surface area contributed by atoms with Crippen LogP contribution in [-0.2, 0) is 11.3 Å². The van der Waals surface area contributed by atoms with Crippen molar-refractivity contribution in [1.82, 2.24) is 15.1 Å². The van der Waals surface area contributed by atoms with Crippen LogP contribution in [0.25, 0.3) is 10.6 Å². The molecule has 2 aliphatic rings. The van der Waals surface area contributed by atoms with Gasteiger partial charge >= 0.3 is 0 Å². The number of fused-ring (bicyclic) bond motifs is 1. The molecule has 0 radical (unpaired) electrons. The van der Waals surface area contributed by atoms with Crippen LogP contribution in [0.2, 0.25) is 5.02 Å². The predicted molar refractivity (Wildman–Crippen MR) is 132 cm³/mol. The van der Waals surface area contributed by atoms with E-state index in [9.17, 15) is 9.59 Å². The highest BCUT2D eigenvalue weighted by Crippen LogP contribution is 2.35. The highest BCUT2D eigenvalue weighted by Gasteiger charge is 2.49. The average Bonchev–Trinajstić information content (AvgIpc) is 3.40. The molecule has 1 fully saturated rings. The molecule has 1 atom stereocenters. The van der Waals surface area contributed by atoms with E-state index in [1.54, 1.807) is 45.2 Å². The number of hydrogen-bond acceptors (Lipinski definition) is 4. The van der Waals surface area contributed by atoms with Crippen molar-refractivity contribution in [1.29, 1.82) is 0 Å². The number of benzene rings is 1. The summed E-state index contributed by atoms with van der Waals surface area (Å²) in [5.41, 5.74) is 0.752. The fourth-order valence-corrected chi connectivity index (χ4v) is 5.69. The van der Waals surface area contributed by atoms with E-state index in [0.717, 1.165) is 36.3 Å². The van der Waals surface area contributed by atoms with Crippen molar-refractivity contribution in [2.75, 3.05) is 4.90 Å². The molecule has 0 unspecified atom stereocenters. The number of halogens is 1. The summed E-state index contributed by atoms with van der Waals surface area (Å²) < 4.78 is 1.69. The number of anilines is 1. The Kier molecular flexibility index (Phi) is 6.01.